The van der Waals surface area contributed by atoms with Gasteiger partial charge in [-0.05, 0) is 0 Å². The summed E-state index contributed by atoms with van der Waals surface area (Å²) in [7, 11) is 0. The second kappa shape index (κ2) is 8.43. The van der Waals surface area contributed by atoms with Gasteiger partial charge in [0.25, 0.3) is 0 Å². The van der Waals surface area contributed by atoms with Gasteiger partial charge in [-0.25, -0.2) is 5.43 Å². The molecule has 0 fully saturated rings. The Morgan fingerprint density at radius 3 is 2.69 bits per heavy atom. The van der Waals surface area contributed by atoms with Crippen molar-refractivity contribution in [1.82, 2.24) is 16.2 Å². The summed E-state index contributed by atoms with van der Waals surface area (Å²) in [6.45, 7) is 0.878. The zero-order chi connectivity index (χ0) is 9.94. The number of hydrazone groups is 2. The van der Waals surface area contributed by atoms with Crippen molar-refractivity contribution in [2.45, 2.75) is 0 Å². The summed E-state index contributed by atoms with van der Waals surface area (Å²) in [6.07, 6.45) is 2.77. The van der Waals surface area contributed by atoms with E-state index in [2.05, 4.69) is 26.4 Å². The lowest BCUT2D eigenvalue weighted by Gasteiger charge is -1.97. The smallest absolute Gasteiger partial charge is 0.206 e. The molecule has 8 N–H and O–H groups in total. The molecule has 0 aromatic heterocycles. The molecule has 0 amide bonds. The lowest BCUT2D eigenvalue weighted by Crippen LogP contribution is -2.30. The molecule has 8 nitrogen and oxygen atoms in total. The van der Waals surface area contributed by atoms with Gasteiger partial charge in [-0.1, -0.05) is 0 Å². The second-order valence-corrected chi connectivity index (χ2v) is 1.87. The Kier molecular flexibility index (Phi) is 7.34. The van der Waals surface area contributed by atoms with Crippen LogP contribution in [0.2, 0.25) is 0 Å². The standard InChI is InChI=1S/C5H14N8/c6-3-9-4-12-10-1-2-11-13-5(7)8/h1-2,9,12H,3-4,6H2,(H4,7,8,13)/b10-1+,11-2-. The summed E-state index contributed by atoms with van der Waals surface area (Å²) < 4.78 is 0. The molecule has 0 aromatic rings. The minimum absolute atomic E-state index is 0.220. The Balaban J connectivity index is 3.29. The third-order valence-corrected chi connectivity index (χ3v) is 0.840. The molecule has 13 heavy (non-hydrogen) atoms. The zero-order valence-corrected chi connectivity index (χ0v) is 7.12. The average molecular weight is 186 g/mol. The van der Waals surface area contributed by atoms with Crippen LogP contribution in [0.3, 0.4) is 0 Å². The third kappa shape index (κ3) is 10.3. The molecule has 0 atom stereocenters. The second-order valence-electron chi connectivity index (χ2n) is 1.87. The van der Waals surface area contributed by atoms with Crippen LogP contribution in [0.4, 0.5) is 0 Å². The van der Waals surface area contributed by atoms with Crippen molar-refractivity contribution >= 4 is 18.4 Å². The van der Waals surface area contributed by atoms with E-state index in [-0.39, 0.29) is 5.96 Å². The summed E-state index contributed by atoms with van der Waals surface area (Å²) in [5.41, 5.74) is 15.0. The van der Waals surface area contributed by atoms with Gasteiger partial charge in [0.2, 0.25) is 5.96 Å². The fourth-order valence-electron chi connectivity index (χ4n) is 0.400. The molecule has 0 aromatic carbocycles. The van der Waals surface area contributed by atoms with Crippen LogP contribution in [0.1, 0.15) is 0 Å². The number of rotatable bonds is 6. The van der Waals surface area contributed by atoms with Crippen LogP contribution < -0.4 is 27.6 Å². The van der Waals surface area contributed by atoms with Crippen molar-refractivity contribution in [3.05, 3.63) is 0 Å². The van der Waals surface area contributed by atoms with Gasteiger partial charge in [0.05, 0.1) is 19.1 Å². The van der Waals surface area contributed by atoms with Crippen molar-refractivity contribution in [2.24, 2.45) is 21.7 Å². The van der Waals surface area contributed by atoms with Crippen LogP contribution in [0.5, 0.6) is 0 Å². The highest BCUT2D eigenvalue weighted by Gasteiger charge is 1.76. The maximum atomic E-state index is 6.73. The Morgan fingerprint density at radius 2 is 2.08 bits per heavy atom. The topological polar surface area (TPSA) is 137 Å². The first kappa shape index (κ1) is 11.3. The van der Waals surface area contributed by atoms with Gasteiger partial charge >= 0.3 is 0 Å². The van der Waals surface area contributed by atoms with Crippen molar-refractivity contribution in [1.29, 1.82) is 5.41 Å². The predicted octanol–water partition coefficient (Wildman–Crippen LogP) is -2.51. The highest BCUT2D eigenvalue weighted by Crippen LogP contribution is 1.55. The normalized spacial score (nSPS) is 10.8. The summed E-state index contributed by atoms with van der Waals surface area (Å²) in [5, 5.41) is 16.8. The van der Waals surface area contributed by atoms with Crippen LogP contribution in [0, 0.1) is 5.41 Å². The molecule has 0 rings (SSSR count). The number of hydrogen-bond acceptors (Lipinski definition) is 6. The van der Waals surface area contributed by atoms with Crippen LogP contribution in [-0.4, -0.2) is 31.7 Å². The lowest BCUT2D eigenvalue weighted by molar-refractivity contribution is 0.616. The van der Waals surface area contributed by atoms with Gasteiger partial charge in [0.1, 0.15) is 0 Å². The first-order chi connectivity index (χ1) is 6.27. The van der Waals surface area contributed by atoms with E-state index in [1.54, 1.807) is 0 Å². The largest absolute Gasteiger partial charge is 0.369 e. The van der Waals surface area contributed by atoms with Crippen LogP contribution in [0.15, 0.2) is 10.2 Å². The monoisotopic (exact) mass is 186 g/mol. The summed E-state index contributed by atoms with van der Waals surface area (Å²) in [4.78, 5) is 0. The highest BCUT2D eigenvalue weighted by molar-refractivity contribution is 6.16. The van der Waals surface area contributed by atoms with Gasteiger partial charge in [0.15, 0.2) is 0 Å². The molecule has 8 heteroatoms. The molecular formula is C5H14N8. The van der Waals surface area contributed by atoms with Crippen LogP contribution >= 0.6 is 0 Å². The van der Waals surface area contributed by atoms with Gasteiger partial charge in [-0.3, -0.25) is 16.2 Å². The molecule has 0 bridgehead atoms. The minimum atomic E-state index is -0.220. The van der Waals surface area contributed by atoms with E-state index in [9.17, 15) is 0 Å². The van der Waals surface area contributed by atoms with Gasteiger partial charge in [-0.2, -0.15) is 10.2 Å². The molecule has 0 unspecified atom stereocenters. The van der Waals surface area contributed by atoms with Gasteiger partial charge < -0.3 is 11.5 Å². The molecule has 0 aliphatic carbocycles. The van der Waals surface area contributed by atoms with Crippen LogP contribution in [-0.2, 0) is 0 Å². The Labute approximate surface area is 75.9 Å². The van der Waals surface area contributed by atoms with Crippen molar-refractivity contribution in [2.75, 3.05) is 13.3 Å². The fourth-order valence-corrected chi connectivity index (χ4v) is 0.400. The van der Waals surface area contributed by atoms with E-state index >= 15 is 0 Å². The summed E-state index contributed by atoms with van der Waals surface area (Å²) >= 11 is 0. The molecule has 0 saturated heterocycles. The Hall–Kier alpha value is -1.67. The summed E-state index contributed by atoms with van der Waals surface area (Å²) in [5.74, 6) is -0.220. The van der Waals surface area contributed by atoms with Crippen molar-refractivity contribution in [3.8, 4) is 0 Å². The zero-order valence-electron chi connectivity index (χ0n) is 7.12. The number of nitrogens with zero attached hydrogens (tertiary/aromatic N) is 2. The maximum absolute atomic E-state index is 6.73. The van der Waals surface area contributed by atoms with Crippen molar-refractivity contribution < 1.29 is 0 Å². The lowest BCUT2D eigenvalue weighted by atomic mass is 10.8. The van der Waals surface area contributed by atoms with E-state index in [1.165, 1.54) is 12.4 Å². The Bertz CT molecular complexity index is 185. The van der Waals surface area contributed by atoms with Crippen molar-refractivity contribution in [3.63, 3.8) is 0 Å². The predicted molar refractivity (Wildman–Crippen MR) is 52.2 cm³/mol. The van der Waals surface area contributed by atoms with Gasteiger partial charge in [-0.15, -0.1) is 0 Å². The van der Waals surface area contributed by atoms with E-state index in [4.69, 9.17) is 16.9 Å². The molecule has 74 valence electrons. The van der Waals surface area contributed by atoms with Gasteiger partial charge in [0, 0.05) is 6.67 Å². The maximum Gasteiger partial charge on any atom is 0.206 e. The Morgan fingerprint density at radius 1 is 1.38 bits per heavy atom. The molecule has 0 radical (unpaired) electrons. The molecular weight excluding hydrogens is 172 g/mol. The van der Waals surface area contributed by atoms with E-state index in [0.717, 1.165) is 0 Å². The first-order valence-corrected chi connectivity index (χ1v) is 3.55. The molecule has 0 saturated carbocycles. The SMILES string of the molecule is N=C(N)N/N=C\C=N\NCNCN. The fraction of sp³-hybridized carbons (Fsp3) is 0.400. The van der Waals surface area contributed by atoms with E-state index in [0.29, 0.717) is 13.3 Å². The van der Waals surface area contributed by atoms with Crippen LogP contribution in [0.25, 0.3) is 0 Å². The molecule has 0 aliphatic heterocycles. The quantitative estimate of drug-likeness (QED) is 0.0895. The van der Waals surface area contributed by atoms with E-state index in [1.807, 2.05) is 0 Å². The first-order valence-electron chi connectivity index (χ1n) is 3.55. The third-order valence-electron chi connectivity index (χ3n) is 0.840. The molecule has 0 aliphatic rings. The number of guanidine groups is 1. The minimum Gasteiger partial charge on any atom is -0.369 e. The molecule has 0 spiro atoms. The number of hydrogen-bond donors (Lipinski definition) is 6. The summed E-state index contributed by atoms with van der Waals surface area (Å²) in [6, 6.07) is 0. The number of nitrogens with one attached hydrogen (secondary N) is 4. The van der Waals surface area contributed by atoms with E-state index < -0.39 is 0 Å². The number of nitrogens with two attached hydrogens (primary N) is 2. The highest BCUT2D eigenvalue weighted by atomic mass is 15.4. The average Bonchev–Trinajstić information content (AvgIpc) is 2.09. The molecule has 0 heterocycles.